The van der Waals surface area contributed by atoms with E-state index in [2.05, 4.69) is 18.2 Å². The SMILES string of the molecule is CC.OC1(O)CC=C(C2=CC=CCC2)CC1. The number of rotatable bonds is 1. The minimum absolute atomic E-state index is 0.364. The molecule has 0 bridgehead atoms. The van der Waals surface area contributed by atoms with Gasteiger partial charge in [-0.25, -0.2) is 0 Å². The second-order valence-corrected chi connectivity index (χ2v) is 4.07. The summed E-state index contributed by atoms with van der Waals surface area (Å²) in [6.07, 6.45) is 12.1. The van der Waals surface area contributed by atoms with Crippen molar-refractivity contribution >= 4 is 0 Å². The van der Waals surface area contributed by atoms with Crippen LogP contribution in [-0.2, 0) is 0 Å². The Morgan fingerprint density at radius 1 is 1.12 bits per heavy atom. The summed E-state index contributed by atoms with van der Waals surface area (Å²) in [6, 6.07) is 0. The van der Waals surface area contributed by atoms with E-state index in [1.165, 1.54) is 11.1 Å². The predicted molar refractivity (Wildman–Crippen MR) is 66.9 cm³/mol. The van der Waals surface area contributed by atoms with Gasteiger partial charge in [-0.2, -0.15) is 0 Å². The molecule has 0 saturated heterocycles. The zero-order valence-electron chi connectivity index (χ0n) is 10.2. The maximum absolute atomic E-state index is 9.37. The van der Waals surface area contributed by atoms with Gasteiger partial charge in [-0.15, -0.1) is 0 Å². The van der Waals surface area contributed by atoms with Crippen LogP contribution in [-0.4, -0.2) is 16.0 Å². The van der Waals surface area contributed by atoms with E-state index in [1.807, 2.05) is 19.9 Å². The Bertz CT molecular complexity index is 309. The fourth-order valence-electron chi connectivity index (χ4n) is 1.99. The van der Waals surface area contributed by atoms with Crippen LogP contribution in [0.25, 0.3) is 0 Å². The summed E-state index contributed by atoms with van der Waals surface area (Å²) >= 11 is 0. The fraction of sp³-hybridized carbons (Fsp3) is 0.571. The number of hydrogen-bond acceptors (Lipinski definition) is 2. The molecule has 2 rings (SSSR count). The molecule has 2 heteroatoms. The number of aliphatic hydroxyl groups is 2. The van der Waals surface area contributed by atoms with Crippen LogP contribution in [0.5, 0.6) is 0 Å². The molecule has 2 aliphatic carbocycles. The second kappa shape index (κ2) is 6.02. The lowest BCUT2D eigenvalue weighted by atomic mass is 9.87. The third-order valence-electron chi connectivity index (χ3n) is 2.90. The van der Waals surface area contributed by atoms with Gasteiger partial charge in [-0.1, -0.05) is 38.2 Å². The average molecular weight is 222 g/mol. The van der Waals surface area contributed by atoms with Crippen LogP contribution < -0.4 is 0 Å². The van der Waals surface area contributed by atoms with Crippen LogP contribution in [0, 0.1) is 0 Å². The Labute approximate surface area is 98.0 Å². The van der Waals surface area contributed by atoms with Crippen molar-refractivity contribution in [3.63, 3.8) is 0 Å². The number of allylic oxidation sites excluding steroid dienone is 5. The smallest absolute Gasteiger partial charge is 0.166 e. The molecule has 0 aromatic heterocycles. The van der Waals surface area contributed by atoms with Gasteiger partial charge in [-0.05, 0) is 30.4 Å². The van der Waals surface area contributed by atoms with E-state index in [0.29, 0.717) is 12.8 Å². The van der Waals surface area contributed by atoms with Gasteiger partial charge in [0.15, 0.2) is 5.79 Å². The standard InChI is InChI=1S/C12H16O2.C2H6/c13-12(14)8-6-11(7-9-12)10-4-2-1-3-5-10;1-2/h1-2,4,6,13-14H,3,5,7-9H2;1-2H3. The monoisotopic (exact) mass is 222 g/mol. The molecule has 0 radical (unpaired) electrons. The van der Waals surface area contributed by atoms with Gasteiger partial charge >= 0.3 is 0 Å². The quantitative estimate of drug-likeness (QED) is 0.669. The van der Waals surface area contributed by atoms with E-state index in [1.54, 1.807) is 0 Å². The van der Waals surface area contributed by atoms with E-state index in [4.69, 9.17) is 0 Å². The van der Waals surface area contributed by atoms with Crippen LogP contribution in [0.1, 0.15) is 46.0 Å². The van der Waals surface area contributed by atoms with Crippen molar-refractivity contribution in [3.8, 4) is 0 Å². The van der Waals surface area contributed by atoms with Crippen LogP contribution in [0.3, 0.4) is 0 Å². The van der Waals surface area contributed by atoms with Crippen molar-refractivity contribution in [3.05, 3.63) is 35.5 Å². The second-order valence-electron chi connectivity index (χ2n) is 4.07. The van der Waals surface area contributed by atoms with Crippen molar-refractivity contribution in [1.29, 1.82) is 0 Å². The maximum Gasteiger partial charge on any atom is 0.166 e. The third kappa shape index (κ3) is 3.62. The van der Waals surface area contributed by atoms with Crippen LogP contribution in [0.15, 0.2) is 35.5 Å². The first-order chi connectivity index (χ1) is 7.67. The molecule has 0 spiro atoms. The highest BCUT2D eigenvalue weighted by Gasteiger charge is 2.26. The lowest BCUT2D eigenvalue weighted by molar-refractivity contribution is -0.164. The molecule has 0 atom stereocenters. The molecule has 0 amide bonds. The molecule has 0 aliphatic heterocycles. The Balaban J connectivity index is 0.000000606. The van der Waals surface area contributed by atoms with Gasteiger partial charge in [0.05, 0.1) is 0 Å². The molecular formula is C14H22O2. The van der Waals surface area contributed by atoms with E-state index in [9.17, 15) is 10.2 Å². The molecule has 16 heavy (non-hydrogen) atoms. The summed E-state index contributed by atoms with van der Waals surface area (Å²) in [4.78, 5) is 0. The molecule has 0 aromatic carbocycles. The summed E-state index contributed by atoms with van der Waals surface area (Å²) < 4.78 is 0. The van der Waals surface area contributed by atoms with E-state index < -0.39 is 5.79 Å². The Morgan fingerprint density at radius 2 is 1.88 bits per heavy atom. The first-order valence-corrected chi connectivity index (χ1v) is 6.17. The van der Waals surface area contributed by atoms with E-state index in [-0.39, 0.29) is 0 Å². The van der Waals surface area contributed by atoms with E-state index >= 15 is 0 Å². The summed E-state index contributed by atoms with van der Waals surface area (Å²) in [6.45, 7) is 4.00. The number of hydrogen-bond donors (Lipinski definition) is 2. The largest absolute Gasteiger partial charge is 0.365 e. The molecule has 2 aliphatic rings. The van der Waals surface area contributed by atoms with Gasteiger partial charge in [0, 0.05) is 12.8 Å². The Kier molecular flexibility index (Phi) is 4.97. The molecule has 2 nitrogen and oxygen atoms in total. The first kappa shape index (κ1) is 13.2. The normalized spacial score (nSPS) is 22.8. The highest BCUT2D eigenvalue weighted by molar-refractivity contribution is 5.37. The molecule has 0 saturated carbocycles. The summed E-state index contributed by atoms with van der Waals surface area (Å²) in [5.74, 6) is -1.46. The summed E-state index contributed by atoms with van der Waals surface area (Å²) in [5.41, 5.74) is 2.66. The molecule has 0 fully saturated rings. The van der Waals surface area contributed by atoms with Gasteiger partial charge in [0.1, 0.15) is 0 Å². The van der Waals surface area contributed by atoms with Gasteiger partial charge in [0.2, 0.25) is 0 Å². The Morgan fingerprint density at radius 3 is 2.38 bits per heavy atom. The van der Waals surface area contributed by atoms with E-state index in [0.717, 1.165) is 19.3 Å². The lowest BCUT2D eigenvalue weighted by Gasteiger charge is -2.27. The lowest BCUT2D eigenvalue weighted by Crippen LogP contribution is -2.29. The minimum atomic E-state index is -1.46. The maximum atomic E-state index is 9.37. The average Bonchev–Trinajstić information content (AvgIpc) is 2.33. The highest BCUT2D eigenvalue weighted by Crippen LogP contribution is 2.32. The Hall–Kier alpha value is -0.860. The fourth-order valence-corrected chi connectivity index (χ4v) is 1.99. The highest BCUT2D eigenvalue weighted by atomic mass is 16.5. The van der Waals surface area contributed by atoms with Gasteiger partial charge < -0.3 is 10.2 Å². The van der Waals surface area contributed by atoms with Crippen LogP contribution >= 0.6 is 0 Å². The zero-order chi connectivity index (χ0) is 12.0. The van der Waals surface area contributed by atoms with Gasteiger partial charge in [0.25, 0.3) is 0 Å². The zero-order valence-corrected chi connectivity index (χ0v) is 10.2. The van der Waals surface area contributed by atoms with Crippen molar-refractivity contribution < 1.29 is 10.2 Å². The molecule has 0 aromatic rings. The molecular weight excluding hydrogens is 200 g/mol. The molecule has 0 heterocycles. The van der Waals surface area contributed by atoms with Crippen molar-refractivity contribution in [2.24, 2.45) is 0 Å². The molecule has 2 N–H and O–H groups in total. The van der Waals surface area contributed by atoms with Crippen LogP contribution in [0.2, 0.25) is 0 Å². The molecule has 0 unspecified atom stereocenters. The molecule has 90 valence electrons. The topological polar surface area (TPSA) is 40.5 Å². The summed E-state index contributed by atoms with van der Waals surface area (Å²) in [7, 11) is 0. The van der Waals surface area contributed by atoms with Crippen molar-refractivity contribution in [2.75, 3.05) is 0 Å². The predicted octanol–water partition coefficient (Wildman–Crippen LogP) is 3.08. The first-order valence-electron chi connectivity index (χ1n) is 6.17. The summed E-state index contributed by atoms with van der Waals surface area (Å²) in [5, 5.41) is 18.7. The minimum Gasteiger partial charge on any atom is -0.365 e. The van der Waals surface area contributed by atoms with Crippen molar-refractivity contribution in [1.82, 2.24) is 0 Å². The third-order valence-corrected chi connectivity index (χ3v) is 2.90. The van der Waals surface area contributed by atoms with Crippen LogP contribution in [0.4, 0.5) is 0 Å². The van der Waals surface area contributed by atoms with Gasteiger partial charge in [-0.3, -0.25) is 0 Å². The van der Waals surface area contributed by atoms with Crippen molar-refractivity contribution in [2.45, 2.75) is 51.7 Å².